The van der Waals surface area contributed by atoms with E-state index >= 15 is 0 Å². The molecule has 0 aliphatic heterocycles. The van der Waals surface area contributed by atoms with Crippen LogP contribution in [0.4, 0.5) is 16.5 Å². The van der Waals surface area contributed by atoms with Crippen molar-refractivity contribution in [2.45, 2.75) is 24.0 Å². The first-order valence-electron chi connectivity index (χ1n) is 10.5. The van der Waals surface area contributed by atoms with Crippen molar-refractivity contribution < 1.29 is 9.59 Å². The van der Waals surface area contributed by atoms with E-state index in [2.05, 4.69) is 20.9 Å². The topological polar surface area (TPSA) is 83.1 Å². The van der Waals surface area contributed by atoms with Gasteiger partial charge in [-0.3, -0.25) is 9.59 Å². The van der Waals surface area contributed by atoms with E-state index in [1.54, 1.807) is 12.1 Å². The monoisotopic (exact) mass is 506 g/mol. The number of thiazole rings is 1. The molecular weight excluding hydrogens is 485 g/mol. The first-order valence-corrected chi connectivity index (χ1v) is 12.6. The lowest BCUT2D eigenvalue weighted by Gasteiger charge is -2.13. The number of rotatable bonds is 7. The number of benzene rings is 3. The van der Waals surface area contributed by atoms with Crippen molar-refractivity contribution in [3.8, 4) is 0 Å². The Morgan fingerprint density at radius 2 is 1.68 bits per heavy atom. The first-order chi connectivity index (χ1) is 16.4. The number of aromatic nitrogens is 1. The average molecular weight is 507 g/mol. The molecule has 0 spiro atoms. The summed E-state index contributed by atoms with van der Waals surface area (Å²) in [7, 11) is 0. The predicted molar refractivity (Wildman–Crippen MR) is 146 cm³/mol. The zero-order chi connectivity index (χ0) is 24.1. The summed E-state index contributed by atoms with van der Waals surface area (Å²) in [5, 5.41) is 9.89. The fourth-order valence-electron chi connectivity index (χ4n) is 3.12. The Labute approximate surface area is 211 Å². The highest BCUT2D eigenvalue weighted by molar-refractivity contribution is 8.00. The van der Waals surface area contributed by atoms with Crippen molar-refractivity contribution >= 4 is 78.8 Å². The molecule has 0 saturated heterocycles. The van der Waals surface area contributed by atoms with E-state index < -0.39 is 0 Å². The molecule has 6 nitrogen and oxygen atoms in total. The number of fused-ring (bicyclic) bond motifs is 1. The van der Waals surface area contributed by atoms with Crippen LogP contribution in [0.5, 0.6) is 0 Å². The number of thioether (sulfide) groups is 1. The van der Waals surface area contributed by atoms with Crippen LogP contribution in [0.15, 0.2) is 77.7 Å². The van der Waals surface area contributed by atoms with Crippen molar-refractivity contribution in [1.29, 1.82) is 0 Å². The number of carbonyl (C=O) groups excluding carboxylic acids is 2. The van der Waals surface area contributed by atoms with Gasteiger partial charge in [0.2, 0.25) is 5.91 Å². The fraction of sp³-hybridized carbons (Fsp3) is 0.120. The average Bonchev–Trinajstić information content (AvgIpc) is 3.22. The third-order valence-corrected chi connectivity index (χ3v) is 7.10. The lowest BCUT2D eigenvalue weighted by atomic mass is 10.1. The van der Waals surface area contributed by atoms with Crippen LogP contribution in [0.2, 0.25) is 0 Å². The van der Waals surface area contributed by atoms with Crippen molar-refractivity contribution in [2.24, 2.45) is 0 Å². The molecule has 0 aliphatic rings. The molecule has 172 valence electrons. The number of ketones is 1. The molecule has 1 aromatic heterocycles. The van der Waals surface area contributed by atoms with E-state index in [-0.39, 0.29) is 16.9 Å². The molecule has 1 atom stereocenters. The SMILES string of the molecule is CC(=O)c1ccc(NC(=S)Nc2cccc(SC(C)C(=O)Nc3nc4ccccc4s3)c2)cc1. The highest BCUT2D eigenvalue weighted by Gasteiger charge is 2.17. The summed E-state index contributed by atoms with van der Waals surface area (Å²) in [4.78, 5) is 29.5. The Balaban J connectivity index is 1.33. The highest BCUT2D eigenvalue weighted by Crippen LogP contribution is 2.29. The molecule has 0 fully saturated rings. The quantitative estimate of drug-likeness (QED) is 0.151. The van der Waals surface area contributed by atoms with E-state index in [1.807, 2.05) is 67.6 Å². The number of nitrogens with one attached hydrogen (secondary N) is 3. The largest absolute Gasteiger partial charge is 0.332 e. The fourth-order valence-corrected chi connectivity index (χ4v) is 5.15. The Morgan fingerprint density at radius 3 is 2.41 bits per heavy atom. The lowest BCUT2D eigenvalue weighted by Crippen LogP contribution is -2.22. The molecule has 0 aliphatic carbocycles. The summed E-state index contributed by atoms with van der Waals surface area (Å²) in [5.41, 5.74) is 3.12. The van der Waals surface area contributed by atoms with E-state index in [0.29, 0.717) is 15.8 Å². The molecule has 1 unspecified atom stereocenters. The van der Waals surface area contributed by atoms with Gasteiger partial charge in [-0.15, -0.1) is 11.8 Å². The van der Waals surface area contributed by atoms with E-state index in [4.69, 9.17) is 12.2 Å². The van der Waals surface area contributed by atoms with E-state index in [9.17, 15) is 9.59 Å². The molecule has 0 saturated carbocycles. The number of thiocarbonyl (C=S) groups is 1. The van der Waals surface area contributed by atoms with Gasteiger partial charge in [-0.2, -0.15) is 0 Å². The van der Waals surface area contributed by atoms with Crippen molar-refractivity contribution in [3.63, 3.8) is 0 Å². The molecule has 3 N–H and O–H groups in total. The minimum absolute atomic E-state index is 0.0181. The molecule has 3 aromatic carbocycles. The van der Waals surface area contributed by atoms with Crippen LogP contribution in [0, 0.1) is 0 Å². The molecule has 4 rings (SSSR count). The van der Waals surface area contributed by atoms with Crippen molar-refractivity contribution in [3.05, 3.63) is 78.4 Å². The molecular formula is C25H22N4O2S3. The number of Topliss-reactive ketones (excluding diaryl/α,β-unsaturated/α-hetero) is 1. The van der Waals surface area contributed by atoms with Crippen LogP contribution in [0.1, 0.15) is 24.2 Å². The Morgan fingerprint density at radius 1 is 0.941 bits per heavy atom. The smallest absolute Gasteiger partial charge is 0.239 e. The number of hydrogen-bond donors (Lipinski definition) is 3. The van der Waals surface area contributed by atoms with Gasteiger partial charge in [-0.25, -0.2) is 4.98 Å². The second-order valence-corrected chi connectivity index (χ2v) is 10.3. The Bertz CT molecular complexity index is 1320. The molecule has 1 heterocycles. The normalized spacial score (nSPS) is 11.6. The molecule has 1 amide bonds. The van der Waals surface area contributed by atoms with Gasteiger partial charge in [0, 0.05) is 21.8 Å². The standard InChI is InChI=1S/C25H22N4O2S3/c1-15(30)17-10-12-18(13-11-17)26-24(32)27-19-6-5-7-20(14-19)33-16(2)23(31)29-25-28-21-8-3-4-9-22(21)34-25/h3-14,16H,1-2H3,(H2,26,27,32)(H,28,29,31). The van der Waals surface area contributed by atoms with Crippen LogP contribution in [0.3, 0.4) is 0 Å². The number of anilines is 3. The van der Waals surface area contributed by atoms with Gasteiger partial charge < -0.3 is 16.0 Å². The van der Waals surface area contributed by atoms with E-state index in [0.717, 1.165) is 26.5 Å². The second-order valence-electron chi connectivity index (χ2n) is 7.48. The van der Waals surface area contributed by atoms with Gasteiger partial charge >= 0.3 is 0 Å². The van der Waals surface area contributed by atoms with Gasteiger partial charge in [-0.1, -0.05) is 29.5 Å². The maximum absolute atomic E-state index is 12.7. The Hall–Kier alpha value is -3.27. The lowest BCUT2D eigenvalue weighted by molar-refractivity contribution is -0.115. The van der Waals surface area contributed by atoms with Gasteiger partial charge in [0.25, 0.3) is 0 Å². The first kappa shape index (κ1) is 23.9. The summed E-state index contributed by atoms with van der Waals surface area (Å²) in [5.74, 6) is -0.0850. The summed E-state index contributed by atoms with van der Waals surface area (Å²) in [6.07, 6.45) is 0. The summed E-state index contributed by atoms with van der Waals surface area (Å²) >= 11 is 8.33. The molecule has 4 aromatic rings. The highest BCUT2D eigenvalue weighted by atomic mass is 32.2. The minimum atomic E-state index is -0.313. The number of amides is 1. The molecule has 0 bridgehead atoms. The maximum atomic E-state index is 12.7. The summed E-state index contributed by atoms with van der Waals surface area (Å²) < 4.78 is 1.04. The number of hydrogen-bond acceptors (Lipinski definition) is 6. The molecule has 34 heavy (non-hydrogen) atoms. The number of carbonyl (C=O) groups is 2. The van der Waals surface area contributed by atoms with Crippen molar-refractivity contribution in [2.75, 3.05) is 16.0 Å². The van der Waals surface area contributed by atoms with Gasteiger partial charge in [0.15, 0.2) is 16.0 Å². The third kappa shape index (κ3) is 6.19. The van der Waals surface area contributed by atoms with Gasteiger partial charge in [0.1, 0.15) is 0 Å². The van der Waals surface area contributed by atoms with Gasteiger partial charge in [-0.05, 0) is 80.7 Å². The van der Waals surface area contributed by atoms with Crippen molar-refractivity contribution in [1.82, 2.24) is 4.98 Å². The predicted octanol–water partition coefficient (Wildman–Crippen LogP) is 6.43. The number of nitrogens with zero attached hydrogens (tertiary/aromatic N) is 1. The second kappa shape index (κ2) is 10.8. The molecule has 0 radical (unpaired) electrons. The van der Waals surface area contributed by atoms with Crippen LogP contribution in [0.25, 0.3) is 10.2 Å². The van der Waals surface area contributed by atoms with Crippen LogP contribution in [-0.4, -0.2) is 27.0 Å². The van der Waals surface area contributed by atoms with Crippen LogP contribution in [-0.2, 0) is 4.79 Å². The summed E-state index contributed by atoms with van der Waals surface area (Å²) in [6.45, 7) is 3.40. The summed E-state index contributed by atoms with van der Waals surface area (Å²) in [6, 6.07) is 22.6. The zero-order valence-electron chi connectivity index (χ0n) is 18.5. The Kier molecular flexibility index (Phi) is 7.56. The third-order valence-electron chi connectivity index (χ3n) is 4.85. The molecule has 9 heteroatoms. The van der Waals surface area contributed by atoms with Gasteiger partial charge in [0.05, 0.1) is 15.5 Å². The van der Waals surface area contributed by atoms with Crippen LogP contribution < -0.4 is 16.0 Å². The zero-order valence-corrected chi connectivity index (χ0v) is 20.9. The van der Waals surface area contributed by atoms with Crippen LogP contribution >= 0.6 is 35.3 Å². The van der Waals surface area contributed by atoms with E-state index in [1.165, 1.54) is 30.0 Å². The number of para-hydroxylation sites is 1. The minimum Gasteiger partial charge on any atom is -0.332 e. The maximum Gasteiger partial charge on any atom is 0.239 e.